The molecule has 4 rings (SSSR count). The summed E-state index contributed by atoms with van der Waals surface area (Å²) in [4.78, 5) is 9.28. The molecule has 0 saturated carbocycles. The number of methoxy groups -OCH3 is 1. The molecule has 0 fully saturated rings. The van der Waals surface area contributed by atoms with Gasteiger partial charge in [0.25, 0.3) is 0 Å². The van der Waals surface area contributed by atoms with Crippen molar-refractivity contribution in [2.24, 2.45) is 0 Å². The minimum Gasteiger partial charge on any atom is -0.439 e. The van der Waals surface area contributed by atoms with Crippen LogP contribution in [0, 0.1) is 6.92 Å². The van der Waals surface area contributed by atoms with E-state index >= 15 is 0 Å². The lowest BCUT2D eigenvalue weighted by Crippen LogP contribution is -2.01. The van der Waals surface area contributed by atoms with Crippen molar-refractivity contribution in [2.45, 2.75) is 39.7 Å². The number of ether oxygens (including phenoxy) is 3. The maximum absolute atomic E-state index is 6.21. The van der Waals surface area contributed by atoms with E-state index in [9.17, 15) is 0 Å². The Morgan fingerprint density at radius 2 is 1.44 bits per heavy atom. The fourth-order valence-corrected chi connectivity index (χ4v) is 3.59. The summed E-state index contributed by atoms with van der Waals surface area (Å²) in [7, 11) is 1.65. The molecule has 0 aliphatic carbocycles. The Bertz CT molecular complexity index is 1240. The topological polar surface area (TPSA) is 53.5 Å². The first-order valence-corrected chi connectivity index (χ1v) is 11.5. The first kappa shape index (κ1) is 23.5. The zero-order chi connectivity index (χ0) is 23.9. The van der Waals surface area contributed by atoms with Crippen molar-refractivity contribution in [3.8, 4) is 23.3 Å². The van der Waals surface area contributed by atoms with E-state index in [4.69, 9.17) is 19.2 Å². The minimum absolute atomic E-state index is 0.403. The highest BCUT2D eigenvalue weighted by Crippen LogP contribution is 2.30. The van der Waals surface area contributed by atoms with Gasteiger partial charge >= 0.3 is 0 Å². The molecule has 0 amide bonds. The molecule has 0 aliphatic rings. The first-order valence-electron chi connectivity index (χ1n) is 11.5. The SMILES string of the molecule is COCc1cccc(Oc2ccc(C(C)C)cc2Cc2cccc(Oc3ccc(C)cc3)n2)n1. The van der Waals surface area contributed by atoms with Crippen molar-refractivity contribution in [3.05, 3.63) is 107 Å². The highest BCUT2D eigenvalue weighted by atomic mass is 16.5. The van der Waals surface area contributed by atoms with Crippen LogP contribution in [-0.4, -0.2) is 17.1 Å². The van der Waals surface area contributed by atoms with Gasteiger partial charge in [-0.05, 0) is 48.7 Å². The van der Waals surface area contributed by atoms with Crippen molar-refractivity contribution in [3.63, 3.8) is 0 Å². The minimum atomic E-state index is 0.403. The molecule has 0 aliphatic heterocycles. The zero-order valence-corrected chi connectivity index (χ0v) is 20.1. The summed E-state index contributed by atoms with van der Waals surface area (Å²) in [6.07, 6.45) is 0.610. The third kappa shape index (κ3) is 6.21. The summed E-state index contributed by atoms with van der Waals surface area (Å²) in [6.45, 7) is 6.86. The molecule has 2 aromatic carbocycles. The number of hydrogen-bond donors (Lipinski definition) is 0. The number of nitrogens with zero attached hydrogens (tertiary/aromatic N) is 2. The van der Waals surface area contributed by atoms with Gasteiger partial charge in [-0.15, -0.1) is 0 Å². The van der Waals surface area contributed by atoms with Crippen molar-refractivity contribution in [2.75, 3.05) is 7.11 Å². The van der Waals surface area contributed by atoms with Crippen molar-refractivity contribution in [1.82, 2.24) is 9.97 Å². The van der Waals surface area contributed by atoms with Gasteiger partial charge in [0.05, 0.1) is 12.3 Å². The van der Waals surface area contributed by atoms with Gasteiger partial charge in [0.2, 0.25) is 11.8 Å². The maximum Gasteiger partial charge on any atom is 0.219 e. The quantitative estimate of drug-likeness (QED) is 0.267. The smallest absolute Gasteiger partial charge is 0.219 e. The summed E-state index contributed by atoms with van der Waals surface area (Å²) >= 11 is 0. The standard InChI is InChI=1S/C29H30N2O3/c1-20(2)22-13-16-27(34-29-10-6-8-25(31-29)19-32-4)23(17-22)18-24-7-5-9-28(30-24)33-26-14-11-21(3)12-15-26/h5-17,20H,18-19H2,1-4H3. The Morgan fingerprint density at radius 3 is 2.15 bits per heavy atom. The average Bonchev–Trinajstić information content (AvgIpc) is 2.82. The van der Waals surface area contributed by atoms with Gasteiger partial charge in [0.15, 0.2) is 0 Å². The average molecular weight is 455 g/mol. The number of hydrogen-bond acceptors (Lipinski definition) is 5. The molecule has 0 spiro atoms. The summed E-state index contributed by atoms with van der Waals surface area (Å²) in [5, 5.41) is 0. The zero-order valence-electron chi connectivity index (χ0n) is 20.1. The van der Waals surface area contributed by atoms with E-state index in [0.29, 0.717) is 30.7 Å². The van der Waals surface area contributed by atoms with Crippen molar-refractivity contribution < 1.29 is 14.2 Å². The summed E-state index contributed by atoms with van der Waals surface area (Å²) in [5.41, 5.74) is 5.20. The fraction of sp³-hybridized carbons (Fsp3) is 0.241. The highest BCUT2D eigenvalue weighted by molar-refractivity contribution is 5.43. The molecule has 0 N–H and O–H groups in total. The van der Waals surface area contributed by atoms with E-state index in [1.165, 1.54) is 11.1 Å². The first-order chi connectivity index (χ1) is 16.5. The van der Waals surface area contributed by atoms with Gasteiger partial charge in [0, 0.05) is 36.9 Å². The van der Waals surface area contributed by atoms with Crippen molar-refractivity contribution in [1.29, 1.82) is 0 Å². The van der Waals surface area contributed by atoms with Crippen molar-refractivity contribution >= 4 is 0 Å². The lowest BCUT2D eigenvalue weighted by Gasteiger charge is -2.15. The van der Waals surface area contributed by atoms with Gasteiger partial charge in [-0.3, -0.25) is 0 Å². The molecule has 5 nitrogen and oxygen atoms in total. The predicted molar refractivity (Wildman–Crippen MR) is 134 cm³/mol. The number of aryl methyl sites for hydroxylation is 1. The van der Waals surface area contributed by atoms with E-state index < -0.39 is 0 Å². The molecular formula is C29H30N2O3. The second-order valence-electron chi connectivity index (χ2n) is 8.58. The molecule has 174 valence electrons. The molecule has 2 aromatic heterocycles. The van der Waals surface area contributed by atoms with Crippen LogP contribution in [0.25, 0.3) is 0 Å². The predicted octanol–water partition coefficient (Wildman–Crippen LogP) is 7.23. The van der Waals surface area contributed by atoms with Crippen LogP contribution in [0.4, 0.5) is 0 Å². The van der Waals surface area contributed by atoms with Crippen LogP contribution >= 0.6 is 0 Å². The van der Waals surface area contributed by atoms with Gasteiger partial charge in [0.1, 0.15) is 11.5 Å². The van der Waals surface area contributed by atoms with Gasteiger partial charge < -0.3 is 14.2 Å². The monoisotopic (exact) mass is 454 g/mol. The Balaban J connectivity index is 1.59. The lowest BCUT2D eigenvalue weighted by molar-refractivity contribution is 0.181. The van der Waals surface area contributed by atoms with Crippen LogP contribution in [0.5, 0.6) is 23.3 Å². The summed E-state index contributed by atoms with van der Waals surface area (Å²) in [5.74, 6) is 3.04. The third-order valence-corrected chi connectivity index (χ3v) is 5.44. The van der Waals surface area contributed by atoms with Crippen LogP contribution in [0.2, 0.25) is 0 Å². The molecule has 0 unspecified atom stereocenters. The van der Waals surface area contributed by atoms with Gasteiger partial charge in [-0.1, -0.05) is 55.8 Å². The van der Waals surface area contributed by atoms with E-state index in [1.54, 1.807) is 7.11 Å². The van der Waals surface area contributed by atoms with Crippen LogP contribution in [0.3, 0.4) is 0 Å². The normalized spacial score (nSPS) is 11.0. The van der Waals surface area contributed by atoms with E-state index in [0.717, 1.165) is 28.5 Å². The second-order valence-corrected chi connectivity index (χ2v) is 8.58. The van der Waals surface area contributed by atoms with Crippen LogP contribution in [0.15, 0.2) is 78.9 Å². The summed E-state index contributed by atoms with van der Waals surface area (Å²) in [6, 6.07) is 25.8. The van der Waals surface area contributed by atoms with E-state index in [-0.39, 0.29) is 0 Å². The van der Waals surface area contributed by atoms with Crippen LogP contribution in [0.1, 0.15) is 47.8 Å². The number of pyridine rings is 2. The largest absolute Gasteiger partial charge is 0.439 e. The van der Waals surface area contributed by atoms with Gasteiger partial charge in [-0.2, -0.15) is 0 Å². The molecule has 0 radical (unpaired) electrons. The molecule has 5 heteroatoms. The molecular weight excluding hydrogens is 424 g/mol. The molecule has 34 heavy (non-hydrogen) atoms. The summed E-state index contributed by atoms with van der Waals surface area (Å²) < 4.78 is 17.4. The molecule has 0 bridgehead atoms. The van der Waals surface area contributed by atoms with E-state index in [1.807, 2.05) is 66.7 Å². The molecule has 0 atom stereocenters. The Morgan fingerprint density at radius 1 is 0.765 bits per heavy atom. The Kier molecular flexibility index (Phi) is 7.55. The fourth-order valence-electron chi connectivity index (χ4n) is 3.59. The van der Waals surface area contributed by atoms with Crippen LogP contribution < -0.4 is 9.47 Å². The maximum atomic E-state index is 6.21. The van der Waals surface area contributed by atoms with Gasteiger partial charge in [-0.25, -0.2) is 9.97 Å². The Hall–Kier alpha value is -3.70. The number of rotatable bonds is 9. The molecule has 4 aromatic rings. The number of benzene rings is 2. The number of aromatic nitrogens is 2. The molecule has 0 saturated heterocycles. The third-order valence-electron chi connectivity index (χ3n) is 5.44. The second kappa shape index (κ2) is 10.9. The lowest BCUT2D eigenvalue weighted by atomic mass is 9.98. The van der Waals surface area contributed by atoms with Crippen LogP contribution in [-0.2, 0) is 17.8 Å². The molecule has 2 heterocycles. The Labute approximate surface area is 201 Å². The highest BCUT2D eigenvalue weighted by Gasteiger charge is 2.12. The van der Waals surface area contributed by atoms with E-state index in [2.05, 4.69) is 37.9 Å².